The molecule has 0 aliphatic rings. The molecule has 0 saturated heterocycles. The third-order valence-corrected chi connectivity index (χ3v) is 1.95. The smallest absolute Gasteiger partial charge is 0.00424 e. The topological polar surface area (TPSA) is 0 Å². The van der Waals surface area contributed by atoms with Crippen LogP contribution in [-0.2, 0) is 6.42 Å². The third-order valence-electron chi connectivity index (χ3n) is 0.929. The number of hydrogen-bond donors (Lipinski definition) is 0. The van der Waals surface area contributed by atoms with Gasteiger partial charge in [-0.2, -0.15) is 0 Å². The molecule has 1 heterocycles. The summed E-state index contributed by atoms with van der Waals surface area (Å²) in [6, 6.07) is 4.24. The zero-order chi connectivity index (χ0) is 7.11. The molecule has 0 nitrogen and oxygen atoms in total. The van der Waals surface area contributed by atoms with Gasteiger partial charge in [0.25, 0.3) is 0 Å². The molecule has 0 aliphatic carbocycles. The lowest BCUT2D eigenvalue weighted by Crippen LogP contribution is -1.63. The van der Waals surface area contributed by atoms with Crippen molar-refractivity contribution in [1.82, 2.24) is 0 Å². The maximum atomic E-state index is 2.17. The number of thiophene rings is 1. The van der Waals surface area contributed by atoms with Crippen LogP contribution in [0.5, 0.6) is 0 Å². The van der Waals surface area contributed by atoms with Crippen LogP contribution in [0.3, 0.4) is 0 Å². The number of aryl methyl sites for hydroxylation is 1. The van der Waals surface area contributed by atoms with Crippen molar-refractivity contribution in [3.63, 3.8) is 0 Å². The zero-order valence-electron chi connectivity index (χ0n) is 6.35. The van der Waals surface area contributed by atoms with Gasteiger partial charge >= 0.3 is 0 Å². The zero-order valence-corrected chi connectivity index (χ0v) is 7.16. The summed E-state index contributed by atoms with van der Waals surface area (Å²) in [7, 11) is 0. The van der Waals surface area contributed by atoms with Crippen LogP contribution >= 0.6 is 11.3 Å². The van der Waals surface area contributed by atoms with Gasteiger partial charge in [-0.15, -0.1) is 11.3 Å². The van der Waals surface area contributed by atoms with E-state index in [2.05, 4.69) is 24.4 Å². The number of rotatable bonds is 1. The van der Waals surface area contributed by atoms with E-state index in [4.69, 9.17) is 0 Å². The fraction of sp³-hybridized carbons (Fsp3) is 0.556. The Balaban J connectivity index is 0. The van der Waals surface area contributed by atoms with E-state index < -0.39 is 0 Å². The fourth-order valence-electron chi connectivity index (χ4n) is 0.514. The Kier molecular flexibility index (Phi) is 10.8. The molecule has 0 bridgehead atoms. The lowest BCUT2D eigenvalue weighted by Gasteiger charge is -1.78. The summed E-state index contributed by atoms with van der Waals surface area (Å²) in [4.78, 5) is 1.47. The molecule has 0 saturated carbocycles. The minimum Gasteiger partial charge on any atom is -0.149 e. The van der Waals surface area contributed by atoms with Crippen molar-refractivity contribution in [2.75, 3.05) is 0 Å². The molecule has 0 atom stereocenters. The van der Waals surface area contributed by atoms with Crippen molar-refractivity contribution < 1.29 is 0 Å². The van der Waals surface area contributed by atoms with E-state index in [1.807, 2.05) is 25.2 Å². The second-order valence-corrected chi connectivity index (χ2v) is 2.47. The minimum absolute atomic E-state index is 0. The van der Waals surface area contributed by atoms with Crippen LogP contribution in [0.15, 0.2) is 17.5 Å². The van der Waals surface area contributed by atoms with E-state index in [1.165, 1.54) is 11.3 Å². The Morgan fingerprint density at radius 2 is 2.00 bits per heavy atom. The minimum atomic E-state index is 0. The van der Waals surface area contributed by atoms with E-state index >= 15 is 0 Å². The molecule has 0 N–H and O–H groups in total. The SMILES string of the molecule is C.CC.CCc1cccs1. The summed E-state index contributed by atoms with van der Waals surface area (Å²) < 4.78 is 0. The van der Waals surface area contributed by atoms with Gasteiger partial charge in [-0.1, -0.05) is 34.3 Å². The molecule has 0 amide bonds. The average molecular weight is 158 g/mol. The summed E-state index contributed by atoms with van der Waals surface area (Å²) in [6.07, 6.45) is 1.18. The first-order chi connectivity index (χ1) is 4.43. The van der Waals surface area contributed by atoms with E-state index in [-0.39, 0.29) is 7.43 Å². The molecule has 1 rings (SSSR count). The molecule has 60 valence electrons. The van der Waals surface area contributed by atoms with E-state index in [1.54, 1.807) is 0 Å². The summed E-state index contributed by atoms with van der Waals surface area (Å²) >= 11 is 1.82. The lowest BCUT2D eigenvalue weighted by atomic mass is 10.4. The highest BCUT2D eigenvalue weighted by molar-refractivity contribution is 7.09. The van der Waals surface area contributed by atoms with Gasteiger partial charge in [-0.25, -0.2) is 0 Å². The van der Waals surface area contributed by atoms with Gasteiger partial charge < -0.3 is 0 Å². The largest absolute Gasteiger partial charge is 0.149 e. The number of hydrogen-bond acceptors (Lipinski definition) is 1. The van der Waals surface area contributed by atoms with Crippen LogP contribution in [0, 0.1) is 0 Å². The summed E-state index contributed by atoms with van der Waals surface area (Å²) in [5.41, 5.74) is 0. The van der Waals surface area contributed by atoms with Crippen molar-refractivity contribution in [3.05, 3.63) is 22.4 Å². The Bertz CT molecular complexity index is 119. The molecular formula is C9H18S. The Labute approximate surface area is 68.9 Å². The third kappa shape index (κ3) is 4.57. The molecule has 0 unspecified atom stereocenters. The van der Waals surface area contributed by atoms with Crippen LogP contribution < -0.4 is 0 Å². The summed E-state index contributed by atoms with van der Waals surface area (Å²) in [5, 5.41) is 2.11. The predicted octanol–water partition coefficient (Wildman–Crippen LogP) is 3.97. The van der Waals surface area contributed by atoms with Crippen molar-refractivity contribution in [2.24, 2.45) is 0 Å². The maximum absolute atomic E-state index is 2.17. The van der Waals surface area contributed by atoms with E-state index in [9.17, 15) is 0 Å². The average Bonchev–Trinajstić information content (AvgIpc) is 2.43. The van der Waals surface area contributed by atoms with Gasteiger partial charge in [0.1, 0.15) is 0 Å². The molecule has 0 spiro atoms. The molecule has 10 heavy (non-hydrogen) atoms. The predicted molar refractivity (Wildman–Crippen MR) is 51.8 cm³/mol. The highest BCUT2D eigenvalue weighted by Crippen LogP contribution is 2.07. The fourth-order valence-corrected chi connectivity index (χ4v) is 1.17. The second-order valence-electron chi connectivity index (χ2n) is 1.43. The standard InChI is InChI=1S/C6H8S.C2H6.CH4/c1-2-6-4-3-5-7-6;1-2;/h3-5H,2H2,1H3;1-2H3;1H4. The van der Waals surface area contributed by atoms with Gasteiger partial charge in [-0.3, -0.25) is 0 Å². The molecule has 0 radical (unpaired) electrons. The van der Waals surface area contributed by atoms with Crippen LogP contribution in [0.25, 0.3) is 0 Å². The highest BCUT2D eigenvalue weighted by Gasteiger charge is 1.82. The molecule has 0 fully saturated rings. The van der Waals surface area contributed by atoms with Crippen molar-refractivity contribution in [1.29, 1.82) is 0 Å². The maximum Gasteiger partial charge on any atom is 0.00424 e. The molecule has 0 aliphatic heterocycles. The monoisotopic (exact) mass is 158 g/mol. The van der Waals surface area contributed by atoms with Crippen LogP contribution in [0.4, 0.5) is 0 Å². The summed E-state index contributed by atoms with van der Waals surface area (Å²) in [5.74, 6) is 0. The highest BCUT2D eigenvalue weighted by atomic mass is 32.1. The van der Waals surface area contributed by atoms with Crippen LogP contribution in [0.2, 0.25) is 0 Å². The molecular weight excluding hydrogens is 140 g/mol. The van der Waals surface area contributed by atoms with Gasteiger partial charge in [0, 0.05) is 4.88 Å². The van der Waals surface area contributed by atoms with Crippen molar-refractivity contribution in [2.45, 2.75) is 34.6 Å². The Hall–Kier alpha value is -0.300. The first-order valence-corrected chi connectivity index (χ1v) is 4.34. The van der Waals surface area contributed by atoms with Gasteiger partial charge in [-0.05, 0) is 17.9 Å². The van der Waals surface area contributed by atoms with Gasteiger partial charge in [0.2, 0.25) is 0 Å². The second kappa shape index (κ2) is 8.70. The van der Waals surface area contributed by atoms with Gasteiger partial charge in [0.05, 0.1) is 0 Å². The Morgan fingerprint density at radius 1 is 1.40 bits per heavy atom. The first-order valence-electron chi connectivity index (χ1n) is 3.46. The molecule has 1 aromatic rings. The van der Waals surface area contributed by atoms with Crippen LogP contribution in [-0.4, -0.2) is 0 Å². The van der Waals surface area contributed by atoms with Crippen molar-refractivity contribution in [3.8, 4) is 0 Å². The van der Waals surface area contributed by atoms with E-state index in [0.717, 1.165) is 0 Å². The van der Waals surface area contributed by atoms with Crippen molar-refractivity contribution >= 4 is 11.3 Å². The lowest BCUT2D eigenvalue weighted by molar-refractivity contribution is 1.19. The molecule has 1 heteroatoms. The van der Waals surface area contributed by atoms with E-state index in [0.29, 0.717) is 0 Å². The Morgan fingerprint density at radius 3 is 2.20 bits per heavy atom. The molecule has 0 aromatic carbocycles. The first kappa shape index (κ1) is 12.4. The molecule has 1 aromatic heterocycles. The summed E-state index contributed by atoms with van der Waals surface area (Å²) in [6.45, 7) is 6.17. The normalized spacial score (nSPS) is 7.10. The quantitative estimate of drug-likeness (QED) is 0.580. The van der Waals surface area contributed by atoms with Gasteiger partial charge in [0.15, 0.2) is 0 Å². The van der Waals surface area contributed by atoms with Crippen LogP contribution in [0.1, 0.15) is 33.1 Å².